The van der Waals surface area contributed by atoms with Gasteiger partial charge >= 0.3 is 5.97 Å². The molecule has 0 radical (unpaired) electrons. The lowest BCUT2D eigenvalue weighted by Gasteiger charge is -2.05. The van der Waals surface area contributed by atoms with E-state index in [1.54, 1.807) is 29.8 Å². The molecule has 142 valence electrons. The zero-order valence-electron chi connectivity index (χ0n) is 15.3. The second-order valence-corrected chi connectivity index (χ2v) is 9.20. The summed E-state index contributed by atoms with van der Waals surface area (Å²) in [5.74, 6) is -0.334. The lowest BCUT2D eigenvalue weighted by atomic mass is 10.2. The highest BCUT2D eigenvalue weighted by atomic mass is 32.2. The van der Waals surface area contributed by atoms with E-state index in [9.17, 15) is 13.2 Å². The molecule has 0 amide bonds. The summed E-state index contributed by atoms with van der Waals surface area (Å²) in [7, 11) is -3.26. The van der Waals surface area contributed by atoms with Gasteiger partial charge in [-0.3, -0.25) is 9.48 Å². The highest BCUT2D eigenvalue weighted by Crippen LogP contribution is 2.35. The van der Waals surface area contributed by atoms with Crippen molar-refractivity contribution in [2.24, 2.45) is 0 Å². The van der Waals surface area contributed by atoms with Crippen LogP contribution in [0.5, 0.6) is 0 Å². The van der Waals surface area contributed by atoms with Crippen molar-refractivity contribution < 1.29 is 17.9 Å². The second-order valence-electron chi connectivity index (χ2n) is 6.10. The van der Waals surface area contributed by atoms with E-state index in [0.717, 1.165) is 26.7 Å². The fourth-order valence-electron chi connectivity index (χ4n) is 2.70. The van der Waals surface area contributed by atoms with Gasteiger partial charge < -0.3 is 4.74 Å². The van der Waals surface area contributed by atoms with Gasteiger partial charge in [-0.25, -0.2) is 8.42 Å². The largest absolute Gasteiger partial charge is 0.465 e. The third-order valence-electron chi connectivity index (χ3n) is 3.89. The number of rotatable bonds is 6. The van der Waals surface area contributed by atoms with Gasteiger partial charge in [0.25, 0.3) is 0 Å². The van der Waals surface area contributed by atoms with Crippen LogP contribution in [0.1, 0.15) is 12.6 Å². The number of ether oxygens (including phenoxy) is 1. The molecule has 2 heterocycles. The predicted octanol–water partition coefficient (Wildman–Crippen LogP) is 3.55. The van der Waals surface area contributed by atoms with Crippen LogP contribution >= 0.6 is 11.3 Å². The lowest BCUT2D eigenvalue weighted by molar-refractivity contribution is -0.144. The summed E-state index contributed by atoms with van der Waals surface area (Å²) in [4.78, 5) is 14.0. The minimum absolute atomic E-state index is 0.0494. The fourth-order valence-corrected chi connectivity index (χ4v) is 4.39. The first-order chi connectivity index (χ1) is 12.8. The van der Waals surface area contributed by atoms with Crippen LogP contribution in [0.2, 0.25) is 0 Å². The monoisotopic (exact) mass is 404 g/mol. The molecule has 0 fully saturated rings. The van der Waals surface area contributed by atoms with Gasteiger partial charge in [-0.15, -0.1) is 11.3 Å². The average molecular weight is 405 g/mol. The van der Waals surface area contributed by atoms with Crippen molar-refractivity contribution in [3.05, 3.63) is 48.2 Å². The molecule has 0 saturated carbocycles. The lowest BCUT2D eigenvalue weighted by Crippen LogP contribution is -2.15. The maximum Gasteiger partial charge on any atom is 0.327 e. The Hall–Kier alpha value is -2.45. The molecule has 0 unspecified atom stereocenters. The van der Waals surface area contributed by atoms with Crippen LogP contribution in [0, 0.1) is 6.92 Å². The number of carbonyl (C=O) groups is 1. The minimum Gasteiger partial charge on any atom is -0.465 e. The molecule has 3 aromatic rings. The Bertz CT molecular complexity index is 1080. The Kier molecular flexibility index (Phi) is 5.48. The summed E-state index contributed by atoms with van der Waals surface area (Å²) in [5.41, 5.74) is 2.47. The molecule has 0 aliphatic carbocycles. The summed E-state index contributed by atoms with van der Waals surface area (Å²) in [6.07, 6.45) is 1.20. The molecule has 0 saturated heterocycles. The van der Waals surface area contributed by atoms with Gasteiger partial charge in [-0.05, 0) is 49.7 Å². The summed E-state index contributed by atoms with van der Waals surface area (Å²) < 4.78 is 30.2. The summed E-state index contributed by atoms with van der Waals surface area (Å²) in [6, 6.07) is 12.7. The van der Waals surface area contributed by atoms with E-state index in [4.69, 9.17) is 4.74 Å². The van der Waals surface area contributed by atoms with Crippen LogP contribution in [0.4, 0.5) is 0 Å². The molecule has 0 N–H and O–H groups in total. The van der Waals surface area contributed by atoms with Crippen LogP contribution in [0.25, 0.3) is 21.0 Å². The van der Waals surface area contributed by atoms with E-state index < -0.39 is 9.84 Å². The van der Waals surface area contributed by atoms with E-state index >= 15 is 0 Å². The Labute approximate surface area is 162 Å². The van der Waals surface area contributed by atoms with Gasteiger partial charge in [0.05, 0.1) is 27.8 Å². The standard InChI is InChI=1S/C19H20N2O4S2/c1-4-25-19(22)12-21-16(10-13(2)20-21)18-9-8-17(26-18)14-6-5-7-15(11-14)27(3,23)24/h5-11H,4,12H2,1-3H3. The molecule has 0 bridgehead atoms. The van der Waals surface area contributed by atoms with E-state index in [0.29, 0.717) is 6.61 Å². The minimum atomic E-state index is -3.26. The Morgan fingerprint density at radius 3 is 2.63 bits per heavy atom. The molecule has 0 spiro atoms. The van der Waals surface area contributed by atoms with Gasteiger partial charge in [-0.2, -0.15) is 5.10 Å². The number of esters is 1. The molecule has 1 aromatic carbocycles. The van der Waals surface area contributed by atoms with Crippen molar-refractivity contribution in [3.63, 3.8) is 0 Å². The number of thiophene rings is 1. The third-order valence-corrected chi connectivity index (χ3v) is 6.16. The zero-order valence-corrected chi connectivity index (χ0v) is 16.9. The van der Waals surface area contributed by atoms with Gasteiger partial charge in [0, 0.05) is 11.1 Å². The van der Waals surface area contributed by atoms with E-state index in [2.05, 4.69) is 5.10 Å². The fraction of sp³-hybridized carbons (Fsp3) is 0.263. The average Bonchev–Trinajstić information content (AvgIpc) is 3.21. The first-order valence-electron chi connectivity index (χ1n) is 8.38. The molecule has 8 heteroatoms. The third kappa shape index (κ3) is 4.45. The zero-order chi connectivity index (χ0) is 19.6. The van der Waals surface area contributed by atoms with Gasteiger partial charge in [0.2, 0.25) is 0 Å². The molecule has 2 aromatic heterocycles. The highest BCUT2D eigenvalue weighted by molar-refractivity contribution is 7.90. The SMILES string of the molecule is CCOC(=O)Cn1nc(C)cc1-c1ccc(-c2cccc(S(C)(=O)=O)c2)s1. The smallest absolute Gasteiger partial charge is 0.327 e. The first kappa shape index (κ1) is 19.3. The Morgan fingerprint density at radius 2 is 1.93 bits per heavy atom. The van der Waals surface area contributed by atoms with E-state index in [1.165, 1.54) is 17.6 Å². The molecule has 6 nitrogen and oxygen atoms in total. The molecule has 3 rings (SSSR count). The molecule has 27 heavy (non-hydrogen) atoms. The number of benzene rings is 1. The van der Waals surface area contributed by atoms with Crippen molar-refractivity contribution >= 4 is 27.1 Å². The van der Waals surface area contributed by atoms with Gasteiger partial charge in [0.1, 0.15) is 6.54 Å². The maximum atomic E-state index is 11.8. The van der Waals surface area contributed by atoms with Crippen molar-refractivity contribution in [2.75, 3.05) is 12.9 Å². The summed E-state index contributed by atoms with van der Waals surface area (Å²) in [5, 5.41) is 4.38. The Morgan fingerprint density at radius 1 is 1.19 bits per heavy atom. The van der Waals surface area contributed by atoms with Crippen molar-refractivity contribution in [3.8, 4) is 21.0 Å². The molecule has 0 aliphatic rings. The number of hydrogen-bond donors (Lipinski definition) is 0. The summed E-state index contributed by atoms with van der Waals surface area (Å²) in [6.45, 7) is 4.01. The van der Waals surface area contributed by atoms with Crippen molar-refractivity contribution in [1.82, 2.24) is 9.78 Å². The van der Waals surface area contributed by atoms with Crippen molar-refractivity contribution in [1.29, 1.82) is 0 Å². The second kappa shape index (κ2) is 7.66. The molecule has 0 aliphatic heterocycles. The number of aromatic nitrogens is 2. The molecular weight excluding hydrogens is 384 g/mol. The molecule has 0 atom stereocenters. The van der Waals surface area contributed by atoms with E-state index in [-0.39, 0.29) is 17.4 Å². The Balaban J connectivity index is 1.94. The van der Waals surface area contributed by atoms with Gasteiger partial charge in [0.15, 0.2) is 9.84 Å². The normalized spacial score (nSPS) is 11.5. The number of carbonyl (C=O) groups excluding carboxylic acids is 1. The number of hydrogen-bond acceptors (Lipinski definition) is 6. The molecular formula is C19H20N2O4S2. The highest BCUT2D eigenvalue weighted by Gasteiger charge is 2.15. The van der Waals surface area contributed by atoms with Crippen LogP contribution < -0.4 is 0 Å². The van der Waals surface area contributed by atoms with Crippen molar-refractivity contribution in [2.45, 2.75) is 25.3 Å². The quantitative estimate of drug-likeness (QED) is 0.587. The van der Waals surface area contributed by atoms with Crippen LogP contribution in [-0.2, 0) is 25.9 Å². The topological polar surface area (TPSA) is 78.3 Å². The van der Waals surface area contributed by atoms with Gasteiger partial charge in [-0.1, -0.05) is 12.1 Å². The number of nitrogens with zero attached hydrogens (tertiary/aromatic N) is 2. The van der Waals surface area contributed by atoms with E-state index in [1.807, 2.05) is 31.2 Å². The van der Waals surface area contributed by atoms with Crippen LogP contribution in [-0.4, -0.2) is 37.0 Å². The number of sulfone groups is 1. The van der Waals surface area contributed by atoms with Crippen LogP contribution in [0.15, 0.2) is 47.4 Å². The summed E-state index contributed by atoms with van der Waals surface area (Å²) >= 11 is 1.52. The maximum absolute atomic E-state index is 11.8. The number of aryl methyl sites for hydroxylation is 1. The predicted molar refractivity (Wildman–Crippen MR) is 105 cm³/mol. The van der Waals surface area contributed by atoms with Crippen LogP contribution in [0.3, 0.4) is 0 Å². The first-order valence-corrected chi connectivity index (χ1v) is 11.1.